The van der Waals surface area contributed by atoms with Crippen molar-refractivity contribution in [1.29, 1.82) is 0 Å². The average molecular weight is 187 g/mol. The molecule has 3 heteroatoms. The van der Waals surface area contributed by atoms with Gasteiger partial charge in [-0.05, 0) is 19.8 Å². The fourth-order valence-electron chi connectivity index (χ4n) is 1.66. The van der Waals surface area contributed by atoms with Gasteiger partial charge in [-0.2, -0.15) is 0 Å². The predicted octanol–water partition coefficient (Wildman–Crippen LogP) is 0.726. The monoisotopic (exact) mass is 187 g/mol. The van der Waals surface area contributed by atoms with Gasteiger partial charge < -0.3 is 9.84 Å². The van der Waals surface area contributed by atoms with Crippen molar-refractivity contribution in [2.45, 2.75) is 26.3 Å². The van der Waals surface area contributed by atoms with Crippen LogP contribution in [0.1, 0.15) is 20.8 Å². The van der Waals surface area contributed by atoms with Crippen LogP contribution in [-0.4, -0.2) is 48.5 Å². The highest BCUT2D eigenvalue weighted by atomic mass is 16.5. The molecule has 0 aliphatic carbocycles. The Bertz CT molecular complexity index is 159. The smallest absolute Gasteiger partial charge is 0.0645 e. The third-order valence-corrected chi connectivity index (χ3v) is 2.66. The minimum absolute atomic E-state index is 0.127. The van der Waals surface area contributed by atoms with Crippen LogP contribution >= 0.6 is 0 Å². The molecular weight excluding hydrogens is 166 g/mol. The van der Waals surface area contributed by atoms with Crippen LogP contribution in [0.5, 0.6) is 0 Å². The molecule has 1 atom stereocenters. The molecule has 0 radical (unpaired) electrons. The van der Waals surface area contributed by atoms with Crippen LogP contribution in [0.15, 0.2) is 0 Å². The van der Waals surface area contributed by atoms with E-state index in [4.69, 9.17) is 9.84 Å². The number of hydrogen-bond acceptors (Lipinski definition) is 3. The average Bonchev–Trinajstić information content (AvgIpc) is 2.08. The van der Waals surface area contributed by atoms with Crippen molar-refractivity contribution in [2.24, 2.45) is 5.92 Å². The molecule has 1 heterocycles. The van der Waals surface area contributed by atoms with Crippen LogP contribution in [0.3, 0.4) is 0 Å². The van der Waals surface area contributed by atoms with Crippen molar-refractivity contribution in [1.82, 2.24) is 4.90 Å². The van der Waals surface area contributed by atoms with Gasteiger partial charge in [0.2, 0.25) is 0 Å². The van der Waals surface area contributed by atoms with Crippen molar-refractivity contribution in [3.63, 3.8) is 0 Å². The second-order valence-corrected chi connectivity index (χ2v) is 4.60. The summed E-state index contributed by atoms with van der Waals surface area (Å²) >= 11 is 0. The molecule has 1 N–H and O–H groups in total. The van der Waals surface area contributed by atoms with Crippen LogP contribution in [0.4, 0.5) is 0 Å². The number of ether oxygens (including phenoxy) is 1. The van der Waals surface area contributed by atoms with E-state index >= 15 is 0 Å². The van der Waals surface area contributed by atoms with Gasteiger partial charge in [-0.1, -0.05) is 6.92 Å². The van der Waals surface area contributed by atoms with E-state index in [1.54, 1.807) is 0 Å². The second kappa shape index (κ2) is 4.40. The van der Waals surface area contributed by atoms with E-state index in [0.717, 1.165) is 26.3 Å². The molecule has 0 aromatic rings. The third-order valence-electron chi connectivity index (χ3n) is 2.66. The van der Waals surface area contributed by atoms with Crippen molar-refractivity contribution < 1.29 is 9.84 Å². The maximum Gasteiger partial charge on any atom is 0.0645 e. The zero-order valence-corrected chi connectivity index (χ0v) is 8.92. The summed E-state index contributed by atoms with van der Waals surface area (Å²) in [5.74, 6) is 0.359. The lowest BCUT2D eigenvalue weighted by Crippen LogP contribution is -2.54. The Morgan fingerprint density at radius 2 is 2.23 bits per heavy atom. The topological polar surface area (TPSA) is 32.7 Å². The lowest BCUT2D eigenvalue weighted by molar-refractivity contribution is -0.0587. The van der Waals surface area contributed by atoms with Gasteiger partial charge in [0, 0.05) is 25.2 Å². The molecule has 0 saturated carbocycles. The fourth-order valence-corrected chi connectivity index (χ4v) is 1.66. The summed E-state index contributed by atoms with van der Waals surface area (Å²) < 4.78 is 5.43. The van der Waals surface area contributed by atoms with E-state index in [1.807, 2.05) is 0 Å². The van der Waals surface area contributed by atoms with E-state index in [9.17, 15) is 0 Å². The van der Waals surface area contributed by atoms with Gasteiger partial charge in [-0.15, -0.1) is 0 Å². The lowest BCUT2D eigenvalue weighted by atomic mass is 10.0. The van der Waals surface area contributed by atoms with E-state index < -0.39 is 0 Å². The molecule has 1 fully saturated rings. The normalized spacial score (nSPS) is 25.8. The number of morpholine rings is 1. The van der Waals surface area contributed by atoms with Crippen LogP contribution in [0.2, 0.25) is 0 Å². The number of rotatable bonds is 3. The fraction of sp³-hybridized carbons (Fsp3) is 1.00. The molecule has 3 nitrogen and oxygen atoms in total. The van der Waals surface area contributed by atoms with Crippen LogP contribution in [0.25, 0.3) is 0 Å². The van der Waals surface area contributed by atoms with Crippen molar-refractivity contribution in [3.8, 4) is 0 Å². The zero-order chi connectivity index (χ0) is 9.90. The van der Waals surface area contributed by atoms with Crippen LogP contribution < -0.4 is 0 Å². The van der Waals surface area contributed by atoms with E-state index in [-0.39, 0.29) is 12.1 Å². The van der Waals surface area contributed by atoms with Gasteiger partial charge in [0.1, 0.15) is 0 Å². The van der Waals surface area contributed by atoms with Gasteiger partial charge in [0.25, 0.3) is 0 Å². The molecule has 13 heavy (non-hydrogen) atoms. The molecule has 0 aromatic carbocycles. The summed E-state index contributed by atoms with van der Waals surface area (Å²) in [6, 6.07) is 0. The minimum atomic E-state index is 0.127. The van der Waals surface area contributed by atoms with Crippen LogP contribution in [-0.2, 0) is 4.74 Å². The molecule has 1 aliphatic heterocycles. The van der Waals surface area contributed by atoms with E-state index in [0.29, 0.717) is 5.92 Å². The summed E-state index contributed by atoms with van der Waals surface area (Å²) in [6.07, 6.45) is 0. The predicted molar refractivity (Wildman–Crippen MR) is 52.7 cm³/mol. The molecule has 78 valence electrons. The van der Waals surface area contributed by atoms with E-state index in [1.165, 1.54) is 0 Å². The molecule has 0 bridgehead atoms. The third kappa shape index (κ3) is 2.93. The molecule has 0 amide bonds. The van der Waals surface area contributed by atoms with E-state index in [2.05, 4.69) is 25.7 Å². The highest BCUT2D eigenvalue weighted by Gasteiger charge is 2.30. The molecule has 1 rings (SSSR count). The first-order chi connectivity index (χ1) is 6.06. The van der Waals surface area contributed by atoms with Gasteiger partial charge in [-0.25, -0.2) is 0 Å². The summed E-state index contributed by atoms with van der Waals surface area (Å²) in [4.78, 5) is 2.40. The highest BCUT2D eigenvalue weighted by Crippen LogP contribution is 2.19. The maximum atomic E-state index is 8.98. The highest BCUT2D eigenvalue weighted by molar-refractivity contribution is 4.84. The summed E-state index contributed by atoms with van der Waals surface area (Å²) in [5, 5.41) is 8.98. The first-order valence-corrected chi connectivity index (χ1v) is 5.00. The Morgan fingerprint density at radius 3 is 2.77 bits per heavy atom. The Kier molecular flexibility index (Phi) is 3.71. The molecule has 1 unspecified atom stereocenters. The Hall–Kier alpha value is -0.120. The minimum Gasteiger partial charge on any atom is -0.396 e. The summed E-state index contributed by atoms with van der Waals surface area (Å²) in [7, 11) is 0. The van der Waals surface area contributed by atoms with Gasteiger partial charge >= 0.3 is 0 Å². The molecule has 1 aliphatic rings. The zero-order valence-electron chi connectivity index (χ0n) is 8.92. The van der Waals surface area contributed by atoms with Gasteiger partial charge in [0.15, 0.2) is 0 Å². The van der Waals surface area contributed by atoms with Crippen molar-refractivity contribution >= 4 is 0 Å². The van der Waals surface area contributed by atoms with Gasteiger partial charge in [0.05, 0.1) is 13.2 Å². The summed E-state index contributed by atoms with van der Waals surface area (Å²) in [6.45, 7) is 10.3. The first-order valence-electron chi connectivity index (χ1n) is 5.00. The first kappa shape index (κ1) is 11.0. The lowest BCUT2D eigenvalue weighted by Gasteiger charge is -2.43. The van der Waals surface area contributed by atoms with Gasteiger partial charge in [-0.3, -0.25) is 4.90 Å². The summed E-state index contributed by atoms with van der Waals surface area (Å²) in [5.41, 5.74) is 0.127. The number of nitrogens with zero attached hydrogens (tertiary/aromatic N) is 1. The SMILES string of the molecule is CC(CO)CN1CCOCC1(C)C. The molecule has 0 aromatic heterocycles. The molecule has 1 saturated heterocycles. The Labute approximate surface area is 80.7 Å². The standard InChI is InChI=1S/C10H21NO2/c1-9(7-12)6-11-4-5-13-8-10(11,2)3/h9,12H,4-8H2,1-3H3. The van der Waals surface area contributed by atoms with Crippen LogP contribution in [0, 0.1) is 5.92 Å². The van der Waals surface area contributed by atoms with Crippen molar-refractivity contribution in [2.75, 3.05) is 32.9 Å². The molecule has 0 spiro atoms. The van der Waals surface area contributed by atoms with Crippen molar-refractivity contribution in [3.05, 3.63) is 0 Å². The number of hydrogen-bond donors (Lipinski definition) is 1. The molecular formula is C10H21NO2. The second-order valence-electron chi connectivity index (χ2n) is 4.60. The number of aliphatic hydroxyl groups excluding tert-OH is 1. The Balaban J connectivity index is 2.46. The maximum absolute atomic E-state index is 8.98. The quantitative estimate of drug-likeness (QED) is 0.707. The number of aliphatic hydroxyl groups is 1. The largest absolute Gasteiger partial charge is 0.396 e. The Morgan fingerprint density at radius 1 is 1.54 bits per heavy atom.